The lowest BCUT2D eigenvalue weighted by Gasteiger charge is -2.27. The van der Waals surface area contributed by atoms with E-state index in [0.29, 0.717) is 6.04 Å². The molecule has 20 heavy (non-hydrogen) atoms. The van der Waals surface area contributed by atoms with Gasteiger partial charge in [0.25, 0.3) is 0 Å². The minimum absolute atomic E-state index is 0.151. The monoisotopic (exact) mass is 302 g/mol. The maximum absolute atomic E-state index is 12.1. The van der Waals surface area contributed by atoms with Crippen molar-refractivity contribution in [1.29, 1.82) is 0 Å². The Labute approximate surface area is 128 Å². The summed E-state index contributed by atoms with van der Waals surface area (Å²) in [6.45, 7) is 8.60. The lowest BCUT2D eigenvalue weighted by atomic mass is 10.2. The number of nitrogens with zero attached hydrogens (tertiary/aromatic N) is 1. The zero-order valence-corrected chi connectivity index (χ0v) is 14.2. The van der Waals surface area contributed by atoms with Crippen molar-refractivity contribution in [3.05, 3.63) is 0 Å². The Hall–Kier alpha value is -0.420. The summed E-state index contributed by atoms with van der Waals surface area (Å²) in [6.07, 6.45) is 6.44. The molecule has 0 saturated heterocycles. The summed E-state index contributed by atoms with van der Waals surface area (Å²) in [5.41, 5.74) is -0.402. The molecule has 0 aromatic rings. The molecule has 1 fully saturated rings. The van der Waals surface area contributed by atoms with Gasteiger partial charge in [0.05, 0.1) is 0 Å². The lowest BCUT2D eigenvalue weighted by Crippen LogP contribution is -2.39. The number of carbonyl (C=O) groups excluding carboxylic acids is 1. The van der Waals surface area contributed by atoms with Crippen LogP contribution in [0, 0.1) is 0 Å². The fourth-order valence-corrected chi connectivity index (χ4v) is 2.40. The Morgan fingerprint density at radius 2 is 1.95 bits per heavy atom. The second kappa shape index (κ2) is 8.78. The summed E-state index contributed by atoms with van der Waals surface area (Å²) in [7, 11) is 0. The molecule has 1 N–H and O–H groups in total. The molecule has 1 aliphatic carbocycles. The molecule has 118 valence electrons. The van der Waals surface area contributed by atoms with Crippen LogP contribution < -0.4 is 5.32 Å². The second-order valence-electron chi connectivity index (χ2n) is 6.35. The molecule has 0 atom stereocenters. The minimum Gasteiger partial charge on any atom is -0.444 e. The standard InChI is InChI=1S/C15H30N2O2S/c1-15(2,3)19-14(18)17(13-7-8-13)11-5-9-16-10-6-12-20-4/h13,16H,5-12H2,1-4H3. The van der Waals surface area contributed by atoms with Gasteiger partial charge in [-0.25, -0.2) is 4.79 Å². The van der Waals surface area contributed by atoms with Crippen molar-refractivity contribution in [3.63, 3.8) is 0 Å². The molecule has 0 aromatic heterocycles. The molecule has 0 bridgehead atoms. The maximum Gasteiger partial charge on any atom is 0.410 e. The zero-order valence-electron chi connectivity index (χ0n) is 13.4. The van der Waals surface area contributed by atoms with Crippen LogP contribution in [0.5, 0.6) is 0 Å². The molecule has 0 radical (unpaired) electrons. The van der Waals surface area contributed by atoms with Gasteiger partial charge < -0.3 is 15.0 Å². The normalized spacial score (nSPS) is 15.2. The van der Waals surface area contributed by atoms with Crippen molar-refractivity contribution in [2.75, 3.05) is 31.6 Å². The van der Waals surface area contributed by atoms with Crippen LogP contribution in [0.4, 0.5) is 4.79 Å². The third kappa shape index (κ3) is 8.00. The van der Waals surface area contributed by atoms with Crippen LogP contribution in [0.25, 0.3) is 0 Å². The van der Waals surface area contributed by atoms with Crippen LogP contribution in [-0.4, -0.2) is 54.3 Å². The molecule has 0 aromatic carbocycles. The molecule has 1 saturated carbocycles. The van der Waals surface area contributed by atoms with E-state index >= 15 is 0 Å². The topological polar surface area (TPSA) is 41.6 Å². The molecular formula is C15H30N2O2S. The molecule has 0 spiro atoms. The van der Waals surface area contributed by atoms with E-state index in [1.807, 2.05) is 37.4 Å². The molecule has 1 rings (SSSR count). The first-order valence-electron chi connectivity index (χ1n) is 7.63. The Morgan fingerprint density at radius 1 is 1.30 bits per heavy atom. The number of rotatable bonds is 9. The van der Waals surface area contributed by atoms with Crippen LogP contribution in [0.3, 0.4) is 0 Å². The number of amides is 1. The van der Waals surface area contributed by atoms with Crippen LogP contribution in [-0.2, 0) is 4.74 Å². The Kier molecular flexibility index (Phi) is 7.74. The van der Waals surface area contributed by atoms with Crippen molar-refractivity contribution < 1.29 is 9.53 Å². The van der Waals surface area contributed by atoms with Crippen molar-refractivity contribution in [3.8, 4) is 0 Å². The van der Waals surface area contributed by atoms with Crippen LogP contribution >= 0.6 is 11.8 Å². The second-order valence-corrected chi connectivity index (χ2v) is 7.34. The first-order valence-corrected chi connectivity index (χ1v) is 9.02. The summed E-state index contributed by atoms with van der Waals surface area (Å²) in [5.74, 6) is 1.21. The number of ether oxygens (including phenoxy) is 1. The summed E-state index contributed by atoms with van der Waals surface area (Å²) in [6, 6.07) is 0.418. The van der Waals surface area contributed by atoms with Gasteiger partial charge in [-0.05, 0) is 71.6 Å². The molecule has 4 nitrogen and oxygen atoms in total. The van der Waals surface area contributed by atoms with Gasteiger partial charge in [-0.2, -0.15) is 11.8 Å². The highest BCUT2D eigenvalue weighted by atomic mass is 32.2. The number of nitrogens with one attached hydrogen (secondary N) is 1. The molecule has 1 amide bonds. The highest BCUT2D eigenvalue weighted by Gasteiger charge is 2.34. The first-order chi connectivity index (χ1) is 9.44. The van der Waals surface area contributed by atoms with Crippen molar-refractivity contribution in [2.24, 2.45) is 0 Å². The van der Waals surface area contributed by atoms with Gasteiger partial charge in [0.2, 0.25) is 0 Å². The minimum atomic E-state index is -0.402. The first kappa shape index (κ1) is 17.6. The predicted octanol–water partition coefficient (Wildman–Crippen LogP) is 3.12. The van der Waals surface area contributed by atoms with E-state index in [-0.39, 0.29) is 6.09 Å². The van der Waals surface area contributed by atoms with E-state index in [2.05, 4.69) is 11.6 Å². The van der Waals surface area contributed by atoms with Crippen LogP contribution in [0.2, 0.25) is 0 Å². The quantitative estimate of drug-likeness (QED) is 0.665. The fourth-order valence-electron chi connectivity index (χ4n) is 1.97. The van der Waals surface area contributed by atoms with E-state index < -0.39 is 5.60 Å². The zero-order chi connectivity index (χ0) is 15.0. The van der Waals surface area contributed by atoms with Gasteiger partial charge in [0.1, 0.15) is 5.60 Å². The Balaban J connectivity index is 2.18. The summed E-state index contributed by atoms with van der Waals surface area (Å²) >= 11 is 1.88. The molecular weight excluding hydrogens is 272 g/mol. The van der Waals surface area contributed by atoms with Gasteiger partial charge >= 0.3 is 6.09 Å². The summed E-state index contributed by atoms with van der Waals surface area (Å²) < 4.78 is 5.48. The molecule has 5 heteroatoms. The average Bonchev–Trinajstić information content (AvgIpc) is 3.14. The van der Waals surface area contributed by atoms with Crippen LogP contribution in [0.1, 0.15) is 46.5 Å². The van der Waals surface area contributed by atoms with E-state index in [1.165, 1.54) is 12.2 Å². The van der Waals surface area contributed by atoms with E-state index in [4.69, 9.17) is 4.74 Å². The fraction of sp³-hybridized carbons (Fsp3) is 0.933. The highest BCUT2D eigenvalue weighted by Crippen LogP contribution is 2.28. The maximum atomic E-state index is 12.1. The van der Waals surface area contributed by atoms with Crippen molar-refractivity contribution in [1.82, 2.24) is 10.2 Å². The third-order valence-electron chi connectivity index (χ3n) is 3.07. The summed E-state index contributed by atoms with van der Waals surface area (Å²) in [5, 5.41) is 3.43. The average molecular weight is 302 g/mol. The SMILES string of the molecule is CSCCCNCCCN(C(=O)OC(C)(C)C)C1CC1. The number of thioether (sulfide) groups is 1. The van der Waals surface area contributed by atoms with E-state index in [1.54, 1.807) is 0 Å². The van der Waals surface area contributed by atoms with E-state index in [0.717, 1.165) is 38.9 Å². The lowest BCUT2D eigenvalue weighted by molar-refractivity contribution is 0.0232. The molecule has 1 aliphatic rings. The van der Waals surface area contributed by atoms with Crippen molar-refractivity contribution >= 4 is 17.9 Å². The van der Waals surface area contributed by atoms with Crippen LogP contribution in [0.15, 0.2) is 0 Å². The predicted molar refractivity (Wildman–Crippen MR) is 86.4 cm³/mol. The largest absolute Gasteiger partial charge is 0.444 e. The van der Waals surface area contributed by atoms with E-state index in [9.17, 15) is 4.79 Å². The van der Waals surface area contributed by atoms with Gasteiger partial charge in [-0.15, -0.1) is 0 Å². The van der Waals surface area contributed by atoms with Gasteiger partial charge in [0, 0.05) is 12.6 Å². The molecule has 0 heterocycles. The molecule has 0 aliphatic heterocycles. The third-order valence-corrected chi connectivity index (χ3v) is 3.77. The summed E-state index contributed by atoms with van der Waals surface area (Å²) in [4.78, 5) is 14.0. The van der Waals surface area contributed by atoms with Crippen molar-refractivity contribution in [2.45, 2.75) is 58.1 Å². The Morgan fingerprint density at radius 3 is 2.50 bits per heavy atom. The number of carbonyl (C=O) groups is 1. The Bertz CT molecular complexity index is 288. The van der Waals surface area contributed by atoms with Gasteiger partial charge in [-0.3, -0.25) is 0 Å². The smallest absolute Gasteiger partial charge is 0.410 e. The van der Waals surface area contributed by atoms with Gasteiger partial charge in [0.15, 0.2) is 0 Å². The molecule has 0 unspecified atom stereocenters. The van der Waals surface area contributed by atoms with Gasteiger partial charge in [-0.1, -0.05) is 0 Å². The number of hydrogen-bond acceptors (Lipinski definition) is 4. The number of hydrogen-bond donors (Lipinski definition) is 1. The highest BCUT2D eigenvalue weighted by molar-refractivity contribution is 7.98.